The summed E-state index contributed by atoms with van der Waals surface area (Å²) in [6, 6.07) is 0. The quantitative estimate of drug-likeness (QED) is 0.0758. The van der Waals surface area contributed by atoms with E-state index in [0.717, 1.165) is 45.2 Å². The summed E-state index contributed by atoms with van der Waals surface area (Å²) < 4.78 is 78.4. The Morgan fingerprint density at radius 3 is 0.667 bits per heavy atom. The highest BCUT2D eigenvalue weighted by molar-refractivity contribution is 7.53. The van der Waals surface area contributed by atoms with Crippen LogP contribution >= 0.6 is 61.0 Å². The van der Waals surface area contributed by atoms with Gasteiger partial charge in [0.1, 0.15) is 0 Å². The lowest BCUT2D eigenvalue weighted by atomic mass is 10.2. The second-order valence-electron chi connectivity index (χ2n) is 11.7. The van der Waals surface area contributed by atoms with Crippen molar-refractivity contribution in [2.24, 2.45) is 0 Å². The fourth-order valence-corrected chi connectivity index (χ4v) is 4.55. The van der Waals surface area contributed by atoms with Gasteiger partial charge in [0.15, 0.2) is 0 Å². The fraction of sp³-hybridized carbons (Fsp3) is 1.00. The summed E-state index contributed by atoms with van der Waals surface area (Å²) in [6.07, 6.45) is 8.36. The molecule has 0 radical (unpaired) electrons. The average Bonchev–Trinajstić information content (AvgIpc) is 2.91. The normalized spacial score (nSPS) is 12.0. The van der Waals surface area contributed by atoms with Crippen LogP contribution in [0.15, 0.2) is 0 Å². The zero-order valence-corrected chi connectivity index (χ0v) is 40.8. The van der Waals surface area contributed by atoms with Crippen molar-refractivity contribution in [3.8, 4) is 0 Å². The van der Waals surface area contributed by atoms with Gasteiger partial charge in [0.05, 0.1) is 5.66 Å². The van der Waals surface area contributed by atoms with Gasteiger partial charge in [-0.2, -0.15) is 0 Å². The summed E-state index contributed by atoms with van der Waals surface area (Å²) in [5.41, 5.74) is -0.535. The summed E-state index contributed by atoms with van der Waals surface area (Å²) in [5.74, 6) is 0. The minimum atomic E-state index is -4.64. The molecule has 0 saturated heterocycles. The maximum absolute atomic E-state index is 10.3. The zero-order chi connectivity index (χ0) is 48.2. The van der Waals surface area contributed by atoms with Crippen LogP contribution in [0.3, 0.4) is 0 Å². The number of hydrogen-bond donors (Lipinski definition) is 17. The van der Waals surface area contributed by atoms with E-state index in [1.807, 2.05) is 13.8 Å². The van der Waals surface area contributed by atoms with E-state index < -0.39 is 66.7 Å². The number of phosphoric acid groups is 1. The van der Waals surface area contributed by atoms with Gasteiger partial charge in [-0.1, -0.05) is 87.0 Å². The molecule has 57 heavy (non-hydrogen) atoms. The summed E-state index contributed by atoms with van der Waals surface area (Å²) in [5, 5.41) is 0. The van der Waals surface area contributed by atoms with E-state index in [0.29, 0.717) is 25.7 Å². The second-order valence-corrected chi connectivity index (χ2v) is 25.7. The second kappa shape index (κ2) is 40.0. The number of unbranched alkanes of at least 4 members (excludes halogenated alkanes) is 6. The van der Waals surface area contributed by atoms with Gasteiger partial charge in [0.2, 0.25) is 0 Å². The molecular formula is C24H72O25P8. The van der Waals surface area contributed by atoms with E-state index in [1.165, 1.54) is 20.8 Å². The Labute approximate surface area is 335 Å². The Kier molecular flexibility index (Phi) is 53.0. The average molecular weight is 1010 g/mol. The molecule has 0 aromatic heterocycles. The zero-order valence-electron chi connectivity index (χ0n) is 33.6. The lowest BCUT2D eigenvalue weighted by Crippen LogP contribution is -1.93. The van der Waals surface area contributed by atoms with Gasteiger partial charge in [-0.15, -0.1) is 0 Å². The first kappa shape index (κ1) is 75.5. The van der Waals surface area contributed by atoms with Crippen molar-refractivity contribution in [1.29, 1.82) is 0 Å². The van der Waals surface area contributed by atoms with Crippen LogP contribution in [0, 0.1) is 0 Å². The molecule has 17 N–H and O–H groups in total. The highest BCUT2D eigenvalue weighted by Gasteiger charge is 2.17. The Hall–Kier alpha value is 1.16. The van der Waals surface area contributed by atoms with Gasteiger partial charge >= 0.3 is 61.0 Å². The van der Waals surface area contributed by atoms with Crippen LogP contribution in [-0.2, 0) is 36.5 Å². The minimum absolute atomic E-state index is 0.00694. The van der Waals surface area contributed by atoms with Gasteiger partial charge in [0.25, 0.3) is 0 Å². The van der Waals surface area contributed by atoms with E-state index >= 15 is 0 Å². The molecule has 0 aromatic rings. The lowest BCUT2D eigenvalue weighted by molar-refractivity contribution is 0.275. The van der Waals surface area contributed by atoms with Crippen LogP contribution in [0.4, 0.5) is 0 Å². The number of hydrogen-bond acceptors (Lipinski definition) is 8. The molecule has 358 valence electrons. The van der Waals surface area contributed by atoms with Crippen molar-refractivity contribution < 1.29 is 120 Å². The number of rotatable bonds is 16. The Morgan fingerprint density at radius 2 is 0.544 bits per heavy atom. The van der Waals surface area contributed by atoms with Crippen molar-refractivity contribution in [3.05, 3.63) is 0 Å². The van der Waals surface area contributed by atoms with Crippen molar-refractivity contribution in [3.63, 3.8) is 0 Å². The molecule has 0 spiro atoms. The summed E-state index contributed by atoms with van der Waals surface area (Å²) >= 11 is 0. The van der Waals surface area contributed by atoms with Crippen LogP contribution in [0.25, 0.3) is 0 Å². The largest absolute Gasteiger partial charge is 0.466 e. The Morgan fingerprint density at radius 1 is 0.351 bits per heavy atom. The first-order chi connectivity index (χ1) is 24.7. The molecule has 0 atom stereocenters. The van der Waals surface area contributed by atoms with E-state index in [1.54, 1.807) is 6.92 Å². The highest BCUT2D eigenvalue weighted by Crippen LogP contribution is 2.40. The van der Waals surface area contributed by atoms with Crippen LogP contribution in [0.2, 0.25) is 0 Å². The first-order valence-electron chi connectivity index (χ1n) is 16.8. The highest BCUT2D eigenvalue weighted by atomic mass is 31.2. The third-order valence-corrected chi connectivity index (χ3v) is 10.7. The SMILES string of the molecule is CC(C)P(=O)(O)O.CCCCCCP(=O)(O)O.CCCCCP(=O)(O)O.CCCCP(=O)(O)O.CCCP(=O)(O)O.CCP(=O)(O)O.CP(=O)(O)O.O=P(O)(O)O. The van der Waals surface area contributed by atoms with E-state index in [9.17, 15) is 32.0 Å². The summed E-state index contributed by atoms with van der Waals surface area (Å²) in [7, 11) is -30.4. The molecule has 33 heteroatoms. The van der Waals surface area contributed by atoms with Crippen LogP contribution < -0.4 is 0 Å². The van der Waals surface area contributed by atoms with Gasteiger partial charge < -0.3 is 83.2 Å². The van der Waals surface area contributed by atoms with Crippen molar-refractivity contribution in [1.82, 2.24) is 0 Å². The molecule has 0 aliphatic rings. The molecule has 0 amide bonds. The maximum Gasteiger partial charge on any atom is 0.466 e. The Bertz CT molecular complexity index is 1240. The monoisotopic (exact) mass is 1010 g/mol. The third kappa shape index (κ3) is 168. The molecule has 0 fully saturated rings. The van der Waals surface area contributed by atoms with Crippen molar-refractivity contribution in [2.45, 2.75) is 118 Å². The smallest absolute Gasteiger partial charge is 0.325 e. The maximum atomic E-state index is 10.3. The van der Waals surface area contributed by atoms with Gasteiger partial charge in [-0.05, 0) is 25.7 Å². The molecule has 0 bridgehead atoms. The molecule has 0 unspecified atom stereocenters. The van der Waals surface area contributed by atoms with Crippen LogP contribution in [0.5, 0.6) is 0 Å². The van der Waals surface area contributed by atoms with Gasteiger partial charge in [-0.3, -0.25) is 32.0 Å². The molecule has 0 saturated carbocycles. The topological polar surface area (TPSA) is 480 Å². The molecule has 25 nitrogen and oxygen atoms in total. The van der Waals surface area contributed by atoms with Crippen molar-refractivity contribution in [2.75, 3.05) is 37.5 Å². The van der Waals surface area contributed by atoms with Gasteiger partial charge in [-0.25, -0.2) is 4.57 Å². The van der Waals surface area contributed by atoms with Crippen LogP contribution in [-0.4, -0.2) is 126 Å². The Balaban J connectivity index is -0.0000000811. The molecular weight excluding hydrogens is 936 g/mol. The summed E-state index contributed by atoms with van der Waals surface area (Å²) in [6.45, 7) is 13.0. The lowest BCUT2D eigenvalue weighted by Gasteiger charge is -2.04. The fourth-order valence-electron chi connectivity index (χ4n) is 1.97. The minimum Gasteiger partial charge on any atom is -0.325 e. The molecule has 0 aliphatic heterocycles. The van der Waals surface area contributed by atoms with Crippen LogP contribution in [0.1, 0.15) is 113 Å². The first-order valence-corrected chi connectivity index (χ1v) is 31.1. The molecule has 0 aliphatic carbocycles. The third-order valence-electron chi connectivity index (χ3n) is 4.76. The standard InChI is InChI=1S/C6H15O3P.C5H13O3P.C4H11O3P.2C3H9O3P.C2H7O3P.CH5O3P.H3O4P/c1-2-3-4-5-6-10(7,8)9;1-2-3-4-5-9(6,7)8;1-2-3-4-8(5,6)7;1-3(2)7(4,5)6;1-2-3-7(4,5)6;1-2-6(3,4)5;2*1-5(2,3)4/h2-6H2,1H3,(H2,7,8,9);2-5H2,1H3,(H2,6,7,8);2-4H2,1H3,(H2,5,6,7);3H,1-2H3,(H2,4,5,6);2-3H2,1H3,(H2,4,5,6);2H2,1H3,(H2,3,4,5);1H3,(H2,2,3,4);(H3,1,2,3,4). The molecule has 0 rings (SSSR count). The predicted molar refractivity (Wildman–Crippen MR) is 219 cm³/mol. The van der Waals surface area contributed by atoms with E-state index in [4.69, 9.17) is 87.8 Å². The van der Waals surface area contributed by atoms with E-state index in [2.05, 4.69) is 6.92 Å². The van der Waals surface area contributed by atoms with Gasteiger partial charge in [0, 0.05) is 37.5 Å². The van der Waals surface area contributed by atoms with Crippen molar-refractivity contribution >= 4 is 61.0 Å². The molecule has 0 heterocycles. The summed E-state index contributed by atoms with van der Waals surface area (Å²) in [4.78, 5) is 135. The molecule has 0 aromatic carbocycles. The predicted octanol–water partition coefficient (Wildman–Crippen LogP) is 4.26. The van der Waals surface area contributed by atoms with E-state index in [-0.39, 0.29) is 30.8 Å².